The smallest absolute Gasteiger partial charge is 0.156 e. The number of pyridine rings is 1. The maximum atomic E-state index is 6.01. The Morgan fingerprint density at radius 3 is 2.68 bits per heavy atom. The van der Waals surface area contributed by atoms with E-state index in [2.05, 4.69) is 22.2 Å². The van der Waals surface area contributed by atoms with E-state index >= 15 is 0 Å². The lowest BCUT2D eigenvalue weighted by molar-refractivity contribution is 0.380. The highest BCUT2D eigenvalue weighted by Crippen LogP contribution is 2.31. The standard InChI is InChI=1S/C17H19N5/c18-14-8-5-13(6-9-14)17-19-11-20-22(17)16-10-7-12-3-1-2-4-15(12)21-16/h1-4,7,10-11,13-14H,5-6,8-9,18H2. The molecule has 0 amide bonds. The Bertz CT molecular complexity index is 786. The molecule has 0 unspecified atom stereocenters. The Morgan fingerprint density at radius 2 is 1.82 bits per heavy atom. The van der Waals surface area contributed by atoms with E-state index in [4.69, 9.17) is 10.7 Å². The molecular formula is C17H19N5. The largest absolute Gasteiger partial charge is 0.328 e. The Labute approximate surface area is 129 Å². The summed E-state index contributed by atoms with van der Waals surface area (Å²) in [6.45, 7) is 0. The molecule has 22 heavy (non-hydrogen) atoms. The summed E-state index contributed by atoms with van der Waals surface area (Å²) in [6, 6.07) is 12.5. The van der Waals surface area contributed by atoms with E-state index in [1.54, 1.807) is 6.33 Å². The van der Waals surface area contributed by atoms with Crippen molar-refractivity contribution in [3.8, 4) is 5.82 Å². The van der Waals surface area contributed by atoms with Gasteiger partial charge in [0.05, 0.1) is 5.52 Å². The predicted molar refractivity (Wildman–Crippen MR) is 85.8 cm³/mol. The number of hydrogen-bond donors (Lipinski definition) is 1. The highest BCUT2D eigenvalue weighted by atomic mass is 15.4. The van der Waals surface area contributed by atoms with Crippen molar-refractivity contribution < 1.29 is 0 Å². The Balaban J connectivity index is 1.71. The summed E-state index contributed by atoms with van der Waals surface area (Å²) < 4.78 is 1.88. The minimum absolute atomic E-state index is 0.339. The molecule has 0 bridgehead atoms. The van der Waals surface area contributed by atoms with Gasteiger partial charge in [0.1, 0.15) is 12.2 Å². The summed E-state index contributed by atoms with van der Waals surface area (Å²) >= 11 is 0. The highest BCUT2D eigenvalue weighted by Gasteiger charge is 2.24. The van der Waals surface area contributed by atoms with Crippen molar-refractivity contribution in [3.05, 3.63) is 48.5 Å². The third-order valence-corrected chi connectivity index (χ3v) is 4.51. The minimum atomic E-state index is 0.339. The van der Waals surface area contributed by atoms with Crippen molar-refractivity contribution in [1.29, 1.82) is 0 Å². The molecule has 1 fully saturated rings. The maximum absolute atomic E-state index is 6.01. The van der Waals surface area contributed by atoms with Crippen LogP contribution in [0.4, 0.5) is 0 Å². The first-order valence-corrected chi connectivity index (χ1v) is 7.83. The molecule has 1 aliphatic carbocycles. The zero-order valence-electron chi connectivity index (χ0n) is 12.4. The second-order valence-corrected chi connectivity index (χ2v) is 6.00. The first kappa shape index (κ1) is 13.4. The van der Waals surface area contributed by atoms with Gasteiger partial charge in [-0.3, -0.25) is 0 Å². The fourth-order valence-electron chi connectivity index (χ4n) is 3.26. The molecule has 2 aromatic heterocycles. The zero-order chi connectivity index (χ0) is 14.9. The van der Waals surface area contributed by atoms with Gasteiger partial charge >= 0.3 is 0 Å². The van der Waals surface area contributed by atoms with Gasteiger partial charge in [-0.2, -0.15) is 9.78 Å². The third kappa shape index (κ3) is 2.37. The van der Waals surface area contributed by atoms with Crippen molar-refractivity contribution in [3.63, 3.8) is 0 Å². The fraction of sp³-hybridized carbons (Fsp3) is 0.353. The van der Waals surface area contributed by atoms with E-state index in [9.17, 15) is 0 Å². The number of benzene rings is 1. The van der Waals surface area contributed by atoms with Crippen molar-refractivity contribution in [2.45, 2.75) is 37.6 Å². The zero-order valence-corrected chi connectivity index (χ0v) is 12.4. The molecule has 0 aliphatic heterocycles. The predicted octanol–water partition coefficient (Wildman–Crippen LogP) is 2.80. The van der Waals surface area contributed by atoms with Gasteiger partial charge in [0, 0.05) is 17.3 Å². The van der Waals surface area contributed by atoms with Crippen LogP contribution in [0.3, 0.4) is 0 Å². The molecule has 2 N–H and O–H groups in total. The summed E-state index contributed by atoms with van der Waals surface area (Å²) in [6.07, 6.45) is 5.90. The van der Waals surface area contributed by atoms with Gasteiger partial charge in [0.15, 0.2) is 5.82 Å². The molecule has 0 radical (unpaired) electrons. The average molecular weight is 293 g/mol. The molecule has 5 heteroatoms. The fourth-order valence-corrected chi connectivity index (χ4v) is 3.26. The van der Waals surface area contributed by atoms with Gasteiger partial charge in [-0.15, -0.1) is 0 Å². The van der Waals surface area contributed by atoms with Crippen LogP contribution in [0.5, 0.6) is 0 Å². The summed E-state index contributed by atoms with van der Waals surface area (Å²) in [7, 11) is 0. The molecule has 0 saturated heterocycles. The van der Waals surface area contributed by atoms with Crippen molar-refractivity contribution in [1.82, 2.24) is 19.7 Å². The molecule has 3 aromatic rings. The van der Waals surface area contributed by atoms with E-state index in [-0.39, 0.29) is 0 Å². The van der Waals surface area contributed by atoms with Crippen LogP contribution in [0.1, 0.15) is 37.4 Å². The summed E-state index contributed by atoms with van der Waals surface area (Å²) in [5.74, 6) is 2.27. The molecule has 5 nitrogen and oxygen atoms in total. The molecule has 0 spiro atoms. The van der Waals surface area contributed by atoms with E-state index < -0.39 is 0 Å². The number of nitrogens with two attached hydrogens (primary N) is 1. The molecule has 1 aliphatic rings. The summed E-state index contributed by atoms with van der Waals surface area (Å²) in [4.78, 5) is 9.22. The van der Waals surface area contributed by atoms with E-state index in [0.29, 0.717) is 12.0 Å². The maximum Gasteiger partial charge on any atom is 0.156 e. The van der Waals surface area contributed by atoms with Gasteiger partial charge in [0.2, 0.25) is 0 Å². The lowest BCUT2D eigenvalue weighted by Crippen LogP contribution is -2.26. The molecule has 112 valence electrons. The van der Waals surface area contributed by atoms with Crippen LogP contribution in [-0.4, -0.2) is 25.8 Å². The van der Waals surface area contributed by atoms with Gasteiger partial charge in [-0.1, -0.05) is 18.2 Å². The van der Waals surface area contributed by atoms with Gasteiger partial charge in [-0.05, 0) is 43.9 Å². The topological polar surface area (TPSA) is 69.6 Å². The lowest BCUT2D eigenvalue weighted by Gasteiger charge is -2.25. The second-order valence-electron chi connectivity index (χ2n) is 6.00. The monoisotopic (exact) mass is 293 g/mol. The normalized spacial score (nSPS) is 22.0. The van der Waals surface area contributed by atoms with Gasteiger partial charge < -0.3 is 5.73 Å². The molecule has 2 heterocycles. The molecular weight excluding hydrogens is 274 g/mol. The summed E-state index contributed by atoms with van der Waals surface area (Å²) in [5.41, 5.74) is 6.99. The number of hydrogen-bond acceptors (Lipinski definition) is 4. The second kappa shape index (κ2) is 5.50. The first-order chi connectivity index (χ1) is 10.8. The molecule has 1 saturated carbocycles. The first-order valence-electron chi connectivity index (χ1n) is 7.83. The highest BCUT2D eigenvalue weighted by molar-refractivity contribution is 5.79. The molecule has 4 rings (SSSR count). The van der Waals surface area contributed by atoms with Crippen LogP contribution in [0.15, 0.2) is 42.7 Å². The van der Waals surface area contributed by atoms with Crippen LogP contribution >= 0.6 is 0 Å². The van der Waals surface area contributed by atoms with Gasteiger partial charge in [-0.25, -0.2) is 9.97 Å². The quantitative estimate of drug-likeness (QED) is 0.788. The minimum Gasteiger partial charge on any atom is -0.328 e. The Kier molecular flexibility index (Phi) is 3.35. The number of fused-ring (bicyclic) bond motifs is 1. The SMILES string of the molecule is NC1CCC(c2ncnn2-c2ccc3ccccc3n2)CC1. The Hall–Kier alpha value is -2.27. The number of nitrogens with zero attached hydrogens (tertiary/aromatic N) is 4. The van der Waals surface area contributed by atoms with Crippen molar-refractivity contribution in [2.75, 3.05) is 0 Å². The van der Waals surface area contributed by atoms with Crippen molar-refractivity contribution >= 4 is 10.9 Å². The number of aromatic nitrogens is 4. The third-order valence-electron chi connectivity index (χ3n) is 4.51. The lowest BCUT2D eigenvalue weighted by atomic mass is 9.86. The average Bonchev–Trinajstić information content (AvgIpc) is 3.05. The van der Waals surface area contributed by atoms with Crippen LogP contribution in [-0.2, 0) is 0 Å². The van der Waals surface area contributed by atoms with E-state index in [1.807, 2.05) is 28.9 Å². The number of rotatable bonds is 2. The van der Waals surface area contributed by atoms with Crippen LogP contribution in [0.2, 0.25) is 0 Å². The van der Waals surface area contributed by atoms with Gasteiger partial charge in [0.25, 0.3) is 0 Å². The van der Waals surface area contributed by atoms with Crippen LogP contribution in [0.25, 0.3) is 16.7 Å². The molecule has 1 aromatic carbocycles. The van der Waals surface area contributed by atoms with Crippen molar-refractivity contribution in [2.24, 2.45) is 5.73 Å². The number of para-hydroxylation sites is 1. The van der Waals surface area contributed by atoms with E-state index in [1.165, 1.54) is 0 Å². The van der Waals surface area contributed by atoms with Crippen LogP contribution < -0.4 is 5.73 Å². The summed E-state index contributed by atoms with van der Waals surface area (Å²) in [5, 5.41) is 5.53. The Morgan fingerprint density at radius 1 is 1.00 bits per heavy atom. The van der Waals surface area contributed by atoms with Crippen LogP contribution in [0, 0.1) is 0 Å². The van der Waals surface area contributed by atoms with E-state index in [0.717, 1.165) is 48.2 Å². The molecule has 0 atom stereocenters.